The molecule has 0 amide bonds. The monoisotopic (exact) mass is 462 g/mol. The zero-order valence-corrected chi connectivity index (χ0v) is 18.5. The molecule has 2 aliphatic rings. The summed E-state index contributed by atoms with van der Waals surface area (Å²) in [6, 6.07) is 10.7. The molecule has 9 heteroatoms. The smallest absolute Gasteiger partial charge is 0.229 e. The summed E-state index contributed by atoms with van der Waals surface area (Å²) in [4.78, 5) is 11.0. The Morgan fingerprint density at radius 1 is 1.06 bits per heavy atom. The second-order valence-corrected chi connectivity index (χ2v) is 8.61. The number of benzene rings is 2. The molecule has 0 radical (unpaired) electrons. The van der Waals surface area contributed by atoms with Gasteiger partial charge in [-0.25, -0.2) is 13.8 Å². The standard InChI is InChI=1S/C25H24F2N6O/c26-21-12-19(13-22(27)20(21)15-32-7-9-34-10-8-32)33-6-4-17-14-29-25(31-24(17)33)30-18-2-1-16-3-5-28-23(16)11-18/h1-2,4,6,11-14,28H,3,5,7-10,15H2,(H,29,30,31). The van der Waals surface area contributed by atoms with E-state index in [4.69, 9.17) is 4.74 Å². The van der Waals surface area contributed by atoms with Crippen LogP contribution in [0.15, 0.2) is 48.8 Å². The SMILES string of the molecule is Fc1cc(-n2ccc3cnc(Nc4ccc5c(c4)NCC5)nc32)cc(F)c1CN1CCOCC1. The summed E-state index contributed by atoms with van der Waals surface area (Å²) in [5, 5.41) is 7.37. The van der Waals surface area contributed by atoms with E-state index < -0.39 is 11.6 Å². The van der Waals surface area contributed by atoms with Crippen molar-refractivity contribution in [1.29, 1.82) is 0 Å². The Hall–Kier alpha value is -3.56. The van der Waals surface area contributed by atoms with Gasteiger partial charge in [0.15, 0.2) is 0 Å². The average Bonchev–Trinajstić information content (AvgIpc) is 3.48. The Morgan fingerprint density at radius 3 is 2.71 bits per heavy atom. The summed E-state index contributed by atoms with van der Waals surface area (Å²) in [5.74, 6) is -0.724. The zero-order valence-electron chi connectivity index (χ0n) is 18.5. The number of nitrogens with one attached hydrogen (secondary N) is 2. The van der Waals surface area contributed by atoms with E-state index in [1.165, 1.54) is 17.7 Å². The lowest BCUT2D eigenvalue weighted by Gasteiger charge is -2.27. The molecule has 0 saturated carbocycles. The molecule has 174 valence electrons. The van der Waals surface area contributed by atoms with Crippen LogP contribution in [0.3, 0.4) is 0 Å². The highest BCUT2D eigenvalue weighted by Gasteiger charge is 2.19. The van der Waals surface area contributed by atoms with Crippen molar-refractivity contribution in [3.05, 3.63) is 71.6 Å². The van der Waals surface area contributed by atoms with Crippen LogP contribution in [-0.2, 0) is 17.7 Å². The second-order valence-electron chi connectivity index (χ2n) is 8.61. The fourth-order valence-electron chi connectivity index (χ4n) is 4.55. The molecule has 2 aromatic heterocycles. The first-order chi connectivity index (χ1) is 16.6. The molecule has 1 saturated heterocycles. The van der Waals surface area contributed by atoms with Gasteiger partial charge in [0.2, 0.25) is 5.95 Å². The van der Waals surface area contributed by atoms with Crippen molar-refractivity contribution in [2.24, 2.45) is 0 Å². The van der Waals surface area contributed by atoms with E-state index in [-0.39, 0.29) is 12.1 Å². The third kappa shape index (κ3) is 3.97. The van der Waals surface area contributed by atoms with E-state index in [2.05, 4.69) is 26.7 Å². The Morgan fingerprint density at radius 2 is 1.88 bits per heavy atom. The van der Waals surface area contributed by atoms with Gasteiger partial charge in [-0.15, -0.1) is 0 Å². The normalized spacial score (nSPS) is 15.9. The fraction of sp³-hybridized carbons (Fsp3) is 0.280. The lowest BCUT2D eigenvalue weighted by molar-refractivity contribution is 0.0332. The van der Waals surface area contributed by atoms with Gasteiger partial charge in [-0.3, -0.25) is 4.90 Å². The van der Waals surface area contributed by atoms with E-state index in [1.807, 2.05) is 23.1 Å². The minimum absolute atomic E-state index is 0.0734. The predicted octanol–water partition coefficient (Wildman–Crippen LogP) is 4.24. The van der Waals surface area contributed by atoms with Crippen LogP contribution in [0.1, 0.15) is 11.1 Å². The summed E-state index contributed by atoms with van der Waals surface area (Å²) in [6.45, 7) is 3.64. The number of anilines is 3. The maximum atomic E-state index is 15.0. The second kappa shape index (κ2) is 8.66. The van der Waals surface area contributed by atoms with Crippen LogP contribution in [0.4, 0.5) is 26.1 Å². The molecule has 4 aromatic rings. The molecule has 34 heavy (non-hydrogen) atoms. The van der Waals surface area contributed by atoms with Crippen LogP contribution in [0.5, 0.6) is 0 Å². The maximum absolute atomic E-state index is 15.0. The molecule has 0 spiro atoms. The average molecular weight is 463 g/mol. The van der Waals surface area contributed by atoms with Crippen LogP contribution < -0.4 is 10.6 Å². The molecule has 0 atom stereocenters. The van der Waals surface area contributed by atoms with Gasteiger partial charge in [-0.2, -0.15) is 4.98 Å². The van der Waals surface area contributed by atoms with Gasteiger partial charge < -0.3 is 19.9 Å². The number of aromatic nitrogens is 3. The van der Waals surface area contributed by atoms with Crippen LogP contribution >= 0.6 is 0 Å². The highest BCUT2D eigenvalue weighted by molar-refractivity contribution is 5.79. The lowest BCUT2D eigenvalue weighted by Crippen LogP contribution is -2.36. The Kier molecular flexibility index (Phi) is 5.35. The van der Waals surface area contributed by atoms with E-state index >= 15 is 0 Å². The predicted molar refractivity (Wildman–Crippen MR) is 127 cm³/mol. The number of hydrogen-bond acceptors (Lipinski definition) is 6. The van der Waals surface area contributed by atoms with Crippen molar-refractivity contribution < 1.29 is 13.5 Å². The summed E-state index contributed by atoms with van der Waals surface area (Å²) < 4.78 is 36.9. The summed E-state index contributed by atoms with van der Waals surface area (Å²) in [7, 11) is 0. The topological polar surface area (TPSA) is 67.2 Å². The molecule has 4 heterocycles. The molecule has 0 bridgehead atoms. The van der Waals surface area contributed by atoms with Crippen molar-refractivity contribution in [3.63, 3.8) is 0 Å². The van der Waals surface area contributed by atoms with Gasteiger partial charge >= 0.3 is 0 Å². The first-order valence-corrected chi connectivity index (χ1v) is 11.4. The minimum atomic E-state index is -0.568. The van der Waals surface area contributed by atoms with Crippen LogP contribution in [0, 0.1) is 11.6 Å². The van der Waals surface area contributed by atoms with Crippen molar-refractivity contribution in [2.75, 3.05) is 43.5 Å². The van der Waals surface area contributed by atoms with E-state index in [9.17, 15) is 8.78 Å². The van der Waals surface area contributed by atoms with E-state index in [0.29, 0.717) is 43.6 Å². The molecule has 7 nitrogen and oxygen atoms in total. The Bertz CT molecular complexity index is 1340. The highest BCUT2D eigenvalue weighted by atomic mass is 19.1. The molecule has 0 aliphatic carbocycles. The largest absolute Gasteiger partial charge is 0.384 e. The van der Waals surface area contributed by atoms with Gasteiger partial charge in [0.25, 0.3) is 0 Å². The number of hydrogen-bond donors (Lipinski definition) is 2. The van der Waals surface area contributed by atoms with Gasteiger partial charge in [-0.1, -0.05) is 6.07 Å². The van der Waals surface area contributed by atoms with Crippen molar-refractivity contribution in [3.8, 4) is 5.69 Å². The summed E-state index contributed by atoms with van der Waals surface area (Å²) in [6.07, 6.45) is 4.47. The molecule has 0 unspecified atom stereocenters. The zero-order chi connectivity index (χ0) is 23.1. The summed E-state index contributed by atoms with van der Waals surface area (Å²) in [5.41, 5.74) is 4.28. The number of fused-ring (bicyclic) bond motifs is 2. The number of rotatable bonds is 5. The number of ether oxygens (including phenoxy) is 1. The first-order valence-electron chi connectivity index (χ1n) is 11.4. The van der Waals surface area contributed by atoms with Gasteiger partial charge in [0.1, 0.15) is 17.3 Å². The van der Waals surface area contributed by atoms with Gasteiger partial charge in [-0.05, 0) is 42.3 Å². The molecule has 2 aromatic carbocycles. The molecule has 2 aliphatic heterocycles. The van der Waals surface area contributed by atoms with E-state index in [1.54, 1.807) is 17.0 Å². The van der Waals surface area contributed by atoms with Crippen LogP contribution in [0.25, 0.3) is 16.7 Å². The number of morpholine rings is 1. The summed E-state index contributed by atoms with van der Waals surface area (Å²) >= 11 is 0. The van der Waals surface area contributed by atoms with Crippen LogP contribution in [-0.4, -0.2) is 52.3 Å². The Balaban J connectivity index is 1.29. The van der Waals surface area contributed by atoms with Crippen molar-refractivity contribution in [1.82, 2.24) is 19.4 Å². The Labute approximate surface area is 195 Å². The van der Waals surface area contributed by atoms with E-state index in [0.717, 1.165) is 29.7 Å². The molecule has 1 fully saturated rings. The minimum Gasteiger partial charge on any atom is -0.384 e. The van der Waals surface area contributed by atoms with Crippen LogP contribution in [0.2, 0.25) is 0 Å². The highest BCUT2D eigenvalue weighted by Crippen LogP contribution is 2.28. The lowest BCUT2D eigenvalue weighted by atomic mass is 10.1. The maximum Gasteiger partial charge on any atom is 0.229 e. The third-order valence-electron chi connectivity index (χ3n) is 6.39. The quantitative estimate of drug-likeness (QED) is 0.463. The van der Waals surface area contributed by atoms with Gasteiger partial charge in [0.05, 0.1) is 18.9 Å². The molecule has 6 rings (SSSR count). The first kappa shape index (κ1) is 21.0. The van der Waals surface area contributed by atoms with Gasteiger partial charge in [0, 0.05) is 60.9 Å². The number of halogens is 2. The van der Waals surface area contributed by atoms with Crippen molar-refractivity contribution >= 4 is 28.4 Å². The molecule has 2 N–H and O–H groups in total. The number of nitrogens with zero attached hydrogens (tertiary/aromatic N) is 4. The fourth-order valence-corrected chi connectivity index (χ4v) is 4.55. The van der Waals surface area contributed by atoms with Crippen molar-refractivity contribution in [2.45, 2.75) is 13.0 Å². The molecular formula is C25H24F2N6O. The molecular weight excluding hydrogens is 438 g/mol. The third-order valence-corrected chi connectivity index (χ3v) is 6.39.